The predicted octanol–water partition coefficient (Wildman–Crippen LogP) is 6.09. The highest BCUT2D eigenvalue weighted by Gasteiger charge is 2.39. The second-order valence-corrected chi connectivity index (χ2v) is 9.57. The summed E-state index contributed by atoms with van der Waals surface area (Å²) in [5.41, 5.74) is 1.90. The number of likely N-dealkylation sites (tertiary alicyclic amines) is 1. The Morgan fingerprint density at radius 1 is 1.02 bits per heavy atom. The molecule has 41 heavy (non-hydrogen) atoms. The number of H-pyrrole nitrogens is 2. The second-order valence-electron chi connectivity index (χ2n) is 9.57. The number of nitrogens with one attached hydrogen (secondary N) is 2. The lowest BCUT2D eigenvalue weighted by molar-refractivity contribution is -0.140. The quantitative estimate of drug-likeness (QED) is 0.209. The van der Waals surface area contributed by atoms with E-state index in [1.165, 1.54) is 7.11 Å². The predicted molar refractivity (Wildman–Crippen MR) is 151 cm³/mol. The number of nitrogens with zero attached hydrogens (tertiary/aromatic N) is 5. The number of piperidine rings is 1. The molecule has 0 unspecified atom stereocenters. The zero-order chi connectivity index (χ0) is 29.1. The number of aliphatic imine (C=N–C) groups is 2. The van der Waals surface area contributed by atoms with Gasteiger partial charge in [0.25, 0.3) is 0 Å². The highest BCUT2D eigenvalue weighted by molar-refractivity contribution is 6.04. The molecule has 1 fully saturated rings. The van der Waals surface area contributed by atoms with Crippen LogP contribution in [0.15, 0.2) is 58.6 Å². The molecule has 0 saturated carbocycles. The van der Waals surface area contributed by atoms with E-state index < -0.39 is 11.9 Å². The van der Waals surface area contributed by atoms with E-state index in [9.17, 15) is 13.2 Å². The number of rotatable bonds is 7. The van der Waals surface area contributed by atoms with Gasteiger partial charge in [0.05, 0.1) is 25.5 Å². The van der Waals surface area contributed by atoms with E-state index in [-0.39, 0.29) is 11.6 Å². The van der Waals surface area contributed by atoms with Crippen molar-refractivity contribution in [3.63, 3.8) is 0 Å². The molecule has 0 aliphatic carbocycles. The Hall–Kier alpha value is -4.61. The van der Waals surface area contributed by atoms with E-state index in [1.807, 2.05) is 18.2 Å². The smallest absolute Gasteiger partial charge is 0.435 e. The van der Waals surface area contributed by atoms with Gasteiger partial charge in [-0.05, 0) is 56.0 Å². The van der Waals surface area contributed by atoms with Gasteiger partial charge >= 0.3 is 6.18 Å². The molecule has 0 atom stereocenters. The average Bonchev–Trinajstić information content (AvgIpc) is 3.64. The maximum Gasteiger partial charge on any atom is 0.435 e. The lowest BCUT2D eigenvalue weighted by atomic mass is 9.95. The molecule has 4 heterocycles. The lowest BCUT2D eigenvalue weighted by Crippen LogP contribution is -2.38. The molecule has 3 aromatic heterocycles. The number of methoxy groups -OCH3 is 2. The van der Waals surface area contributed by atoms with Gasteiger partial charge in [-0.3, -0.25) is 4.99 Å². The standard InChI is InChI=1S/C29H30F3N7O2/c1-33-27-21(16-22(36-27)19-9-12-35-23(15-19)41-4)28(34-2)39-13-10-18(11-14-39)26-37-24(25(38-26)29(30,31)32)17-5-7-20(40-3)8-6-17/h5-9,12,15-16,18,36H,1,10-11,13-14H2,2-4H3,(H,37,38)/b34-28+. The number of amidine groups is 1. The van der Waals surface area contributed by atoms with Crippen LogP contribution in [0.1, 0.15) is 35.8 Å². The Kier molecular flexibility index (Phi) is 7.82. The second kappa shape index (κ2) is 11.5. The van der Waals surface area contributed by atoms with Crippen molar-refractivity contribution in [2.24, 2.45) is 9.98 Å². The molecule has 5 rings (SSSR count). The van der Waals surface area contributed by atoms with Gasteiger partial charge in [0.2, 0.25) is 5.88 Å². The molecule has 0 amide bonds. The van der Waals surface area contributed by atoms with Crippen molar-refractivity contribution in [3.05, 3.63) is 65.7 Å². The third-order valence-corrected chi connectivity index (χ3v) is 7.21. The fraction of sp³-hybridized carbons (Fsp3) is 0.310. The van der Waals surface area contributed by atoms with Crippen LogP contribution in [0.3, 0.4) is 0 Å². The van der Waals surface area contributed by atoms with Crippen molar-refractivity contribution >= 4 is 18.4 Å². The van der Waals surface area contributed by atoms with Crippen LogP contribution in [0.5, 0.6) is 11.6 Å². The van der Waals surface area contributed by atoms with Gasteiger partial charge in [0.15, 0.2) is 5.69 Å². The van der Waals surface area contributed by atoms with Gasteiger partial charge in [-0.15, -0.1) is 0 Å². The van der Waals surface area contributed by atoms with Gasteiger partial charge in [-0.25, -0.2) is 15.0 Å². The minimum atomic E-state index is -4.59. The SMILES string of the molecule is C=Nc1[nH]c(-c2ccnc(OC)c2)cc1/C(=N\C)N1CCC(c2nc(C(F)(F)F)c(-c3ccc(OC)cc3)[nH]2)CC1. The molecular formula is C29H30F3N7O2. The van der Waals surface area contributed by atoms with Crippen LogP contribution in [0, 0.1) is 0 Å². The molecule has 0 spiro atoms. The zero-order valence-electron chi connectivity index (χ0n) is 22.9. The van der Waals surface area contributed by atoms with Gasteiger partial charge in [0, 0.05) is 55.1 Å². The van der Waals surface area contributed by atoms with Crippen LogP contribution in [0.4, 0.5) is 19.0 Å². The Bertz CT molecular complexity index is 1550. The third kappa shape index (κ3) is 5.67. The third-order valence-electron chi connectivity index (χ3n) is 7.21. The van der Waals surface area contributed by atoms with Crippen molar-refractivity contribution in [1.82, 2.24) is 24.8 Å². The maximum atomic E-state index is 13.9. The number of hydrogen-bond donors (Lipinski definition) is 2. The van der Waals surface area contributed by atoms with E-state index in [1.54, 1.807) is 44.6 Å². The molecule has 214 valence electrons. The molecule has 12 heteroatoms. The minimum Gasteiger partial charge on any atom is -0.497 e. The first-order valence-corrected chi connectivity index (χ1v) is 13.0. The molecule has 2 N–H and O–H groups in total. The molecule has 1 saturated heterocycles. The number of aromatic nitrogens is 4. The van der Waals surface area contributed by atoms with Gasteiger partial charge in [-0.1, -0.05) is 0 Å². The number of halogens is 3. The van der Waals surface area contributed by atoms with E-state index in [0.717, 1.165) is 22.7 Å². The number of aromatic amines is 2. The maximum absolute atomic E-state index is 13.9. The highest BCUT2D eigenvalue weighted by atomic mass is 19.4. The van der Waals surface area contributed by atoms with Crippen molar-refractivity contribution in [2.45, 2.75) is 24.9 Å². The van der Waals surface area contributed by atoms with E-state index >= 15 is 0 Å². The van der Waals surface area contributed by atoms with E-state index in [4.69, 9.17) is 9.47 Å². The first-order chi connectivity index (χ1) is 19.7. The monoisotopic (exact) mass is 565 g/mol. The van der Waals surface area contributed by atoms with Crippen LogP contribution in [0.25, 0.3) is 22.5 Å². The van der Waals surface area contributed by atoms with Gasteiger partial charge in [0.1, 0.15) is 23.2 Å². The van der Waals surface area contributed by atoms with Crippen LogP contribution >= 0.6 is 0 Å². The summed E-state index contributed by atoms with van der Waals surface area (Å²) in [6.07, 6.45) is -1.73. The summed E-state index contributed by atoms with van der Waals surface area (Å²) in [4.78, 5) is 25.3. The summed E-state index contributed by atoms with van der Waals surface area (Å²) < 4.78 is 52.2. The summed E-state index contributed by atoms with van der Waals surface area (Å²) >= 11 is 0. The topological polar surface area (TPSA) is 104 Å². The minimum absolute atomic E-state index is 0.0392. The fourth-order valence-corrected chi connectivity index (χ4v) is 5.14. The van der Waals surface area contributed by atoms with Crippen LogP contribution < -0.4 is 9.47 Å². The number of benzene rings is 1. The van der Waals surface area contributed by atoms with Crippen molar-refractivity contribution in [1.29, 1.82) is 0 Å². The fourth-order valence-electron chi connectivity index (χ4n) is 5.14. The molecule has 9 nitrogen and oxygen atoms in total. The summed E-state index contributed by atoms with van der Waals surface area (Å²) in [5, 5.41) is 0. The molecule has 1 aliphatic rings. The Morgan fingerprint density at radius 3 is 2.37 bits per heavy atom. The van der Waals surface area contributed by atoms with E-state index in [0.29, 0.717) is 54.8 Å². The normalized spacial score (nSPS) is 14.8. The molecular weight excluding hydrogens is 535 g/mol. The lowest BCUT2D eigenvalue weighted by Gasteiger charge is -2.33. The first-order valence-electron chi connectivity index (χ1n) is 13.0. The van der Waals surface area contributed by atoms with Crippen LogP contribution in [-0.2, 0) is 6.18 Å². The largest absolute Gasteiger partial charge is 0.497 e. The van der Waals surface area contributed by atoms with Crippen molar-refractivity contribution < 1.29 is 22.6 Å². The summed E-state index contributed by atoms with van der Waals surface area (Å²) in [5.74, 6) is 2.52. The van der Waals surface area contributed by atoms with Gasteiger partial charge < -0.3 is 24.3 Å². The number of imidazole rings is 1. The molecule has 1 aliphatic heterocycles. The molecule has 4 aromatic rings. The summed E-state index contributed by atoms with van der Waals surface area (Å²) in [7, 11) is 4.77. The Labute approximate surface area is 235 Å². The number of ether oxygens (including phenoxy) is 2. The van der Waals surface area contributed by atoms with Crippen molar-refractivity contribution in [2.75, 3.05) is 34.4 Å². The van der Waals surface area contributed by atoms with Gasteiger partial charge in [-0.2, -0.15) is 13.2 Å². The zero-order valence-corrected chi connectivity index (χ0v) is 22.9. The summed E-state index contributed by atoms with van der Waals surface area (Å²) in [6.45, 7) is 4.87. The molecule has 0 bridgehead atoms. The average molecular weight is 566 g/mol. The van der Waals surface area contributed by atoms with Crippen LogP contribution in [-0.4, -0.2) is 71.7 Å². The highest BCUT2D eigenvalue weighted by Crippen LogP contribution is 2.39. The molecule has 0 radical (unpaired) electrons. The number of pyridine rings is 1. The Balaban J connectivity index is 1.36. The number of hydrogen-bond acceptors (Lipinski definition) is 6. The van der Waals surface area contributed by atoms with Crippen LogP contribution in [0.2, 0.25) is 0 Å². The van der Waals surface area contributed by atoms with Crippen molar-refractivity contribution in [3.8, 4) is 34.1 Å². The summed E-state index contributed by atoms with van der Waals surface area (Å²) in [6, 6.07) is 12.1. The van der Waals surface area contributed by atoms with E-state index in [2.05, 4.69) is 41.5 Å². The first kappa shape index (κ1) is 27.9. The number of alkyl halides is 3. The Morgan fingerprint density at radius 2 is 1.76 bits per heavy atom. The molecule has 1 aromatic carbocycles.